The summed E-state index contributed by atoms with van der Waals surface area (Å²) in [4.78, 5) is 0. The molecule has 0 bridgehead atoms. The molecule has 0 aromatic heterocycles. The van der Waals surface area contributed by atoms with Gasteiger partial charge in [-0.1, -0.05) is 40.2 Å². The molecule has 1 N–H and O–H groups in total. The molecule has 2 aromatic carbocycles. The highest BCUT2D eigenvalue weighted by atomic mass is 79.9. The van der Waals surface area contributed by atoms with Gasteiger partial charge in [-0.25, -0.2) is 0 Å². The van der Waals surface area contributed by atoms with E-state index in [0.29, 0.717) is 12.6 Å². The molecule has 0 saturated heterocycles. The predicted octanol–water partition coefficient (Wildman–Crippen LogP) is 4.60. The van der Waals surface area contributed by atoms with Crippen LogP contribution in [0.1, 0.15) is 29.5 Å². The fourth-order valence-corrected chi connectivity index (χ4v) is 2.92. The van der Waals surface area contributed by atoms with E-state index in [1.165, 1.54) is 29.5 Å². The number of halogens is 1. The predicted molar refractivity (Wildman–Crippen MR) is 96.1 cm³/mol. The second-order valence-electron chi connectivity index (χ2n) is 5.96. The normalized spacial score (nSPS) is 13.9. The van der Waals surface area contributed by atoms with Crippen LogP contribution in [0.2, 0.25) is 0 Å². The van der Waals surface area contributed by atoms with Crippen molar-refractivity contribution in [2.45, 2.75) is 39.0 Å². The van der Waals surface area contributed by atoms with E-state index in [2.05, 4.69) is 40.3 Å². The zero-order chi connectivity index (χ0) is 16.2. The molecule has 0 unspecified atom stereocenters. The molecular formula is C19H22BrNO2. The third-order valence-corrected chi connectivity index (χ3v) is 4.87. The summed E-state index contributed by atoms with van der Waals surface area (Å²) in [6.45, 7) is 3.48. The fourth-order valence-electron chi connectivity index (χ4n) is 2.45. The van der Waals surface area contributed by atoms with Crippen molar-refractivity contribution in [1.82, 2.24) is 5.32 Å². The second-order valence-corrected chi connectivity index (χ2v) is 6.82. The van der Waals surface area contributed by atoms with E-state index >= 15 is 0 Å². The number of benzene rings is 2. The Kier molecular flexibility index (Phi) is 5.23. The highest BCUT2D eigenvalue weighted by Crippen LogP contribution is 2.34. The molecule has 3 rings (SSSR count). The molecule has 4 heteroatoms. The van der Waals surface area contributed by atoms with Crippen LogP contribution in [-0.4, -0.2) is 13.2 Å². The summed E-state index contributed by atoms with van der Waals surface area (Å²) in [5.74, 6) is 1.53. The van der Waals surface area contributed by atoms with Gasteiger partial charge in [-0.05, 0) is 48.6 Å². The lowest BCUT2D eigenvalue weighted by molar-refractivity contribution is 0.283. The zero-order valence-corrected chi connectivity index (χ0v) is 15.2. The maximum Gasteiger partial charge on any atom is 0.162 e. The van der Waals surface area contributed by atoms with Crippen LogP contribution < -0.4 is 14.8 Å². The van der Waals surface area contributed by atoms with Crippen LogP contribution >= 0.6 is 15.9 Å². The van der Waals surface area contributed by atoms with Crippen molar-refractivity contribution in [2.24, 2.45) is 0 Å². The third kappa shape index (κ3) is 4.27. The first kappa shape index (κ1) is 16.3. The first-order valence-corrected chi connectivity index (χ1v) is 8.74. The van der Waals surface area contributed by atoms with Gasteiger partial charge < -0.3 is 14.8 Å². The van der Waals surface area contributed by atoms with Gasteiger partial charge in [0.05, 0.1) is 7.11 Å². The Bertz CT molecular complexity index is 683. The summed E-state index contributed by atoms with van der Waals surface area (Å²) in [6.07, 6.45) is 2.57. The topological polar surface area (TPSA) is 30.5 Å². The van der Waals surface area contributed by atoms with Gasteiger partial charge in [0.15, 0.2) is 11.5 Å². The smallest absolute Gasteiger partial charge is 0.162 e. The van der Waals surface area contributed by atoms with Crippen molar-refractivity contribution in [3.63, 3.8) is 0 Å². The quantitative estimate of drug-likeness (QED) is 0.766. The summed E-state index contributed by atoms with van der Waals surface area (Å²) < 4.78 is 12.5. The van der Waals surface area contributed by atoms with Crippen LogP contribution in [0.15, 0.2) is 40.9 Å². The maximum absolute atomic E-state index is 5.99. The number of methoxy groups -OCH3 is 1. The van der Waals surface area contributed by atoms with Crippen LogP contribution in [0.4, 0.5) is 0 Å². The van der Waals surface area contributed by atoms with Crippen molar-refractivity contribution in [3.8, 4) is 11.5 Å². The average molecular weight is 376 g/mol. The van der Waals surface area contributed by atoms with E-state index in [1.54, 1.807) is 7.11 Å². The highest BCUT2D eigenvalue weighted by Gasteiger charge is 2.21. The minimum Gasteiger partial charge on any atom is -0.493 e. The number of aryl methyl sites for hydroxylation is 1. The van der Waals surface area contributed by atoms with Crippen LogP contribution in [0.3, 0.4) is 0 Å². The Morgan fingerprint density at radius 3 is 2.61 bits per heavy atom. The van der Waals surface area contributed by atoms with Gasteiger partial charge in [-0.15, -0.1) is 0 Å². The number of hydrogen-bond donors (Lipinski definition) is 1. The van der Waals surface area contributed by atoms with Crippen molar-refractivity contribution >= 4 is 15.9 Å². The van der Waals surface area contributed by atoms with Gasteiger partial charge in [0.2, 0.25) is 0 Å². The van der Waals surface area contributed by atoms with Gasteiger partial charge in [-0.2, -0.15) is 0 Å². The molecule has 2 aromatic rings. The second kappa shape index (κ2) is 7.37. The van der Waals surface area contributed by atoms with Gasteiger partial charge in [0.1, 0.15) is 6.61 Å². The van der Waals surface area contributed by atoms with Gasteiger partial charge in [-0.3, -0.25) is 0 Å². The van der Waals surface area contributed by atoms with Gasteiger partial charge in [0, 0.05) is 17.1 Å². The Morgan fingerprint density at radius 1 is 1.13 bits per heavy atom. The molecule has 23 heavy (non-hydrogen) atoms. The van der Waals surface area contributed by atoms with Crippen LogP contribution in [0.25, 0.3) is 0 Å². The molecule has 0 atom stereocenters. The minimum atomic E-state index is 0.537. The number of rotatable bonds is 7. The van der Waals surface area contributed by atoms with E-state index in [0.717, 1.165) is 22.5 Å². The van der Waals surface area contributed by atoms with Crippen molar-refractivity contribution in [1.29, 1.82) is 0 Å². The molecule has 0 spiro atoms. The Morgan fingerprint density at radius 2 is 1.91 bits per heavy atom. The Labute approximate surface area is 146 Å². The summed E-state index contributed by atoms with van der Waals surface area (Å²) in [5, 5.41) is 3.52. The lowest BCUT2D eigenvalue weighted by atomic mass is 10.1. The van der Waals surface area contributed by atoms with Crippen molar-refractivity contribution in [3.05, 3.63) is 57.6 Å². The van der Waals surface area contributed by atoms with Crippen molar-refractivity contribution in [2.75, 3.05) is 7.11 Å². The molecule has 0 radical (unpaired) electrons. The molecule has 1 fully saturated rings. The number of nitrogens with one attached hydrogen (secondary N) is 1. The van der Waals surface area contributed by atoms with Crippen LogP contribution in [0.5, 0.6) is 11.5 Å². The van der Waals surface area contributed by atoms with E-state index in [4.69, 9.17) is 9.47 Å². The average Bonchev–Trinajstić information content (AvgIpc) is 3.37. The molecule has 1 saturated carbocycles. The summed E-state index contributed by atoms with van der Waals surface area (Å²) in [7, 11) is 1.68. The van der Waals surface area contributed by atoms with Crippen molar-refractivity contribution < 1.29 is 9.47 Å². The van der Waals surface area contributed by atoms with Gasteiger partial charge in [0.25, 0.3) is 0 Å². The first-order valence-electron chi connectivity index (χ1n) is 7.94. The zero-order valence-electron chi connectivity index (χ0n) is 13.6. The largest absolute Gasteiger partial charge is 0.493 e. The summed E-state index contributed by atoms with van der Waals surface area (Å²) >= 11 is 3.65. The van der Waals surface area contributed by atoms with E-state index in [-0.39, 0.29) is 0 Å². The molecule has 1 aliphatic carbocycles. The van der Waals surface area contributed by atoms with E-state index in [9.17, 15) is 0 Å². The van der Waals surface area contributed by atoms with Crippen LogP contribution in [0, 0.1) is 6.92 Å². The van der Waals surface area contributed by atoms with Crippen LogP contribution in [-0.2, 0) is 13.2 Å². The lowest BCUT2D eigenvalue weighted by Gasteiger charge is -2.15. The first-order chi connectivity index (χ1) is 11.2. The van der Waals surface area contributed by atoms with Gasteiger partial charge >= 0.3 is 0 Å². The molecule has 1 aliphatic rings. The monoisotopic (exact) mass is 375 g/mol. The fraction of sp³-hybridized carbons (Fsp3) is 0.368. The highest BCUT2D eigenvalue weighted by molar-refractivity contribution is 9.10. The summed E-state index contributed by atoms with van der Waals surface area (Å²) in [6, 6.07) is 13.0. The molecule has 3 nitrogen and oxygen atoms in total. The molecule has 0 amide bonds. The maximum atomic E-state index is 5.99. The van der Waals surface area contributed by atoms with E-state index < -0.39 is 0 Å². The molecule has 0 heterocycles. The van der Waals surface area contributed by atoms with E-state index in [1.807, 2.05) is 24.3 Å². The minimum absolute atomic E-state index is 0.537. The Balaban J connectivity index is 1.72. The molecule has 0 aliphatic heterocycles. The SMILES string of the molecule is COc1cc(CNC2CC2)c(Br)cc1OCc1ccccc1C. The molecule has 122 valence electrons. The molecular weight excluding hydrogens is 354 g/mol. The lowest BCUT2D eigenvalue weighted by Crippen LogP contribution is -2.15. The third-order valence-electron chi connectivity index (χ3n) is 4.14. The Hall–Kier alpha value is -1.52. The number of hydrogen-bond acceptors (Lipinski definition) is 3. The standard InChI is InChI=1S/C19H22BrNO2/c1-13-5-3-4-6-14(13)12-23-19-10-17(20)15(9-18(19)22-2)11-21-16-7-8-16/h3-6,9-10,16,21H,7-8,11-12H2,1-2H3. The summed E-state index contributed by atoms with van der Waals surface area (Å²) in [5.41, 5.74) is 3.61. The number of ether oxygens (including phenoxy) is 2.